The van der Waals surface area contributed by atoms with E-state index < -0.39 is 23.7 Å². The number of hydrogen-bond donors (Lipinski definition) is 0. The van der Waals surface area contributed by atoms with Crippen LogP contribution in [0.3, 0.4) is 0 Å². The lowest BCUT2D eigenvalue weighted by Gasteiger charge is -2.45. The highest BCUT2D eigenvalue weighted by molar-refractivity contribution is 4.97. The molecule has 0 aromatic carbocycles. The van der Waals surface area contributed by atoms with Crippen LogP contribution < -0.4 is 0 Å². The van der Waals surface area contributed by atoms with Crippen molar-refractivity contribution in [1.29, 1.82) is 0 Å². The second kappa shape index (κ2) is 6.23. The maximum atomic E-state index is 13.1. The molecule has 6 heteroatoms. The number of hydrogen-bond acceptors (Lipinski definition) is 0. The lowest BCUT2D eigenvalue weighted by molar-refractivity contribution is -0.354. The molecule has 0 N–H and O–H groups in total. The average Bonchev–Trinajstić information content (AvgIpc) is 2.45. The normalized spacial score (nSPS) is 29.6. The summed E-state index contributed by atoms with van der Waals surface area (Å²) in [7, 11) is 0. The van der Waals surface area contributed by atoms with Gasteiger partial charge in [-0.05, 0) is 50.4 Å². The Labute approximate surface area is 127 Å². The molecule has 0 amide bonds. The first-order valence-electron chi connectivity index (χ1n) is 8.21. The Hall–Kier alpha value is -0.420. The summed E-state index contributed by atoms with van der Waals surface area (Å²) in [5, 5.41) is 0. The summed E-state index contributed by atoms with van der Waals surface area (Å²) in [6, 6.07) is 0. The molecule has 2 rings (SSSR count). The molecule has 0 bridgehead atoms. The van der Waals surface area contributed by atoms with Gasteiger partial charge >= 0.3 is 12.4 Å². The van der Waals surface area contributed by atoms with Crippen molar-refractivity contribution in [3.8, 4) is 0 Å². The van der Waals surface area contributed by atoms with Crippen molar-refractivity contribution in [3.63, 3.8) is 0 Å². The highest BCUT2D eigenvalue weighted by Gasteiger charge is 2.70. The number of alkyl halides is 6. The van der Waals surface area contributed by atoms with Crippen molar-refractivity contribution in [2.45, 2.75) is 77.1 Å². The van der Waals surface area contributed by atoms with Crippen LogP contribution in [0.5, 0.6) is 0 Å². The monoisotopic (exact) mass is 330 g/mol. The molecule has 0 spiro atoms. The van der Waals surface area contributed by atoms with E-state index in [1.807, 2.05) is 0 Å². The van der Waals surface area contributed by atoms with E-state index in [0.717, 1.165) is 25.7 Å². The van der Waals surface area contributed by atoms with Gasteiger partial charge in [-0.25, -0.2) is 0 Å². The van der Waals surface area contributed by atoms with Gasteiger partial charge in [-0.3, -0.25) is 0 Å². The van der Waals surface area contributed by atoms with Gasteiger partial charge in [-0.1, -0.05) is 32.1 Å². The third kappa shape index (κ3) is 3.25. The minimum Gasteiger partial charge on any atom is -0.170 e. The first-order chi connectivity index (χ1) is 10.1. The van der Waals surface area contributed by atoms with Crippen molar-refractivity contribution in [2.75, 3.05) is 0 Å². The van der Waals surface area contributed by atoms with Gasteiger partial charge in [0.05, 0.1) is 0 Å². The molecule has 22 heavy (non-hydrogen) atoms. The van der Waals surface area contributed by atoms with E-state index in [1.165, 1.54) is 6.42 Å². The standard InChI is InChI=1S/C16H24F6/c1-14(15(17,18)19,16(20,21)22)13-9-7-12(8-10-13)11-5-3-2-4-6-11/h11-13H,2-10H2,1H3. The van der Waals surface area contributed by atoms with Gasteiger partial charge in [0.2, 0.25) is 0 Å². The fourth-order valence-corrected chi connectivity index (χ4v) is 4.40. The molecular formula is C16H24F6. The Morgan fingerprint density at radius 2 is 1.00 bits per heavy atom. The molecule has 0 aromatic rings. The van der Waals surface area contributed by atoms with E-state index in [-0.39, 0.29) is 12.8 Å². The van der Waals surface area contributed by atoms with Gasteiger partial charge < -0.3 is 0 Å². The molecule has 0 nitrogen and oxygen atoms in total. The molecule has 0 aliphatic heterocycles. The molecule has 0 aromatic heterocycles. The second-order valence-electron chi connectivity index (χ2n) is 7.21. The molecule has 130 valence electrons. The minimum absolute atomic E-state index is 0.0384. The van der Waals surface area contributed by atoms with Crippen LogP contribution in [0.1, 0.15) is 64.7 Å². The van der Waals surface area contributed by atoms with E-state index in [2.05, 4.69) is 0 Å². The SMILES string of the molecule is CC(C1CCC(C2CCCCC2)CC1)(C(F)(F)F)C(F)(F)F. The summed E-state index contributed by atoms with van der Waals surface area (Å²) >= 11 is 0. The molecule has 0 saturated heterocycles. The van der Waals surface area contributed by atoms with Gasteiger partial charge in [0.15, 0.2) is 5.41 Å². The predicted octanol–water partition coefficient (Wildman–Crippen LogP) is 6.50. The lowest BCUT2D eigenvalue weighted by atomic mass is 9.63. The summed E-state index contributed by atoms with van der Waals surface area (Å²) in [5.41, 5.74) is -3.57. The van der Waals surface area contributed by atoms with Crippen LogP contribution in [0.25, 0.3) is 0 Å². The van der Waals surface area contributed by atoms with E-state index in [4.69, 9.17) is 0 Å². The summed E-state index contributed by atoms with van der Waals surface area (Å²) in [5.74, 6) is -0.507. The Kier molecular flexibility index (Phi) is 5.08. The molecule has 2 saturated carbocycles. The third-order valence-corrected chi connectivity index (χ3v) is 6.08. The average molecular weight is 330 g/mol. The van der Waals surface area contributed by atoms with Crippen LogP contribution >= 0.6 is 0 Å². The second-order valence-corrected chi connectivity index (χ2v) is 7.21. The zero-order valence-corrected chi connectivity index (χ0v) is 12.9. The first-order valence-corrected chi connectivity index (χ1v) is 8.21. The molecule has 0 radical (unpaired) electrons. The number of halogens is 6. The van der Waals surface area contributed by atoms with Gasteiger partial charge in [0.1, 0.15) is 0 Å². The van der Waals surface area contributed by atoms with Crippen LogP contribution in [0.2, 0.25) is 0 Å². The van der Waals surface area contributed by atoms with Crippen LogP contribution in [0.15, 0.2) is 0 Å². The molecule has 2 aliphatic carbocycles. The van der Waals surface area contributed by atoms with Gasteiger partial charge in [-0.2, -0.15) is 26.3 Å². The molecule has 0 unspecified atom stereocenters. The van der Waals surface area contributed by atoms with Crippen molar-refractivity contribution < 1.29 is 26.3 Å². The maximum Gasteiger partial charge on any atom is 0.403 e. The smallest absolute Gasteiger partial charge is 0.170 e. The first kappa shape index (κ1) is 17.9. The molecule has 0 atom stereocenters. The maximum absolute atomic E-state index is 13.1. The topological polar surface area (TPSA) is 0 Å². The van der Waals surface area contributed by atoms with Crippen LogP contribution in [0.4, 0.5) is 26.3 Å². The Bertz CT molecular complexity index is 342. The van der Waals surface area contributed by atoms with Crippen molar-refractivity contribution >= 4 is 0 Å². The molecular weight excluding hydrogens is 306 g/mol. The minimum atomic E-state index is -5.24. The van der Waals surface area contributed by atoms with Crippen molar-refractivity contribution in [2.24, 2.45) is 23.2 Å². The summed E-state index contributed by atoms with van der Waals surface area (Å²) in [4.78, 5) is 0. The quantitative estimate of drug-likeness (QED) is 0.507. The Morgan fingerprint density at radius 3 is 1.41 bits per heavy atom. The largest absolute Gasteiger partial charge is 0.403 e. The van der Waals surface area contributed by atoms with E-state index in [0.29, 0.717) is 31.6 Å². The molecule has 0 heterocycles. The lowest BCUT2D eigenvalue weighted by Crippen LogP contribution is -2.53. The van der Waals surface area contributed by atoms with Gasteiger partial charge in [0, 0.05) is 0 Å². The highest BCUT2D eigenvalue weighted by atomic mass is 19.4. The van der Waals surface area contributed by atoms with E-state index >= 15 is 0 Å². The fraction of sp³-hybridized carbons (Fsp3) is 1.00. The van der Waals surface area contributed by atoms with Crippen LogP contribution in [-0.2, 0) is 0 Å². The van der Waals surface area contributed by atoms with Crippen LogP contribution in [0, 0.1) is 23.2 Å². The van der Waals surface area contributed by atoms with Crippen LogP contribution in [-0.4, -0.2) is 12.4 Å². The zero-order valence-electron chi connectivity index (χ0n) is 12.9. The van der Waals surface area contributed by atoms with E-state index in [9.17, 15) is 26.3 Å². The Morgan fingerprint density at radius 1 is 0.591 bits per heavy atom. The Balaban J connectivity index is 2.05. The summed E-state index contributed by atoms with van der Waals surface area (Å²) in [6.07, 6.45) is -3.72. The van der Waals surface area contributed by atoms with E-state index in [1.54, 1.807) is 0 Å². The predicted molar refractivity (Wildman–Crippen MR) is 72.2 cm³/mol. The summed E-state index contributed by atoms with van der Waals surface area (Å²) < 4.78 is 78.7. The van der Waals surface area contributed by atoms with Gasteiger partial charge in [-0.15, -0.1) is 0 Å². The third-order valence-electron chi connectivity index (χ3n) is 6.08. The van der Waals surface area contributed by atoms with Gasteiger partial charge in [0.25, 0.3) is 0 Å². The van der Waals surface area contributed by atoms with Crippen molar-refractivity contribution in [3.05, 3.63) is 0 Å². The molecule has 2 aliphatic rings. The molecule has 2 fully saturated rings. The van der Waals surface area contributed by atoms with Crippen molar-refractivity contribution in [1.82, 2.24) is 0 Å². The highest BCUT2D eigenvalue weighted by Crippen LogP contribution is 2.59. The summed E-state index contributed by atoms with van der Waals surface area (Å²) in [6.45, 7) is 0.346. The zero-order chi connectivity index (χ0) is 16.6. The number of rotatable bonds is 2. The fourth-order valence-electron chi connectivity index (χ4n) is 4.40.